The maximum Gasteiger partial charge on any atom is -0.0132 e. The van der Waals surface area contributed by atoms with E-state index in [2.05, 4.69) is 72.7 Å². The molecule has 1 aromatic carbocycles. The Labute approximate surface area is 109 Å². The van der Waals surface area contributed by atoms with Crippen molar-refractivity contribution in [1.29, 1.82) is 0 Å². The molecule has 0 fully saturated rings. The third-order valence-corrected chi connectivity index (χ3v) is 1.92. The molecule has 0 heteroatoms. The van der Waals surface area contributed by atoms with Crippen molar-refractivity contribution in [2.45, 2.75) is 67.7 Å². The van der Waals surface area contributed by atoms with E-state index in [4.69, 9.17) is 0 Å². The van der Waals surface area contributed by atoms with E-state index >= 15 is 0 Å². The van der Waals surface area contributed by atoms with Gasteiger partial charge in [0.05, 0.1) is 0 Å². The van der Waals surface area contributed by atoms with Gasteiger partial charge >= 0.3 is 0 Å². The number of aryl methyl sites for hydroxylation is 1. The van der Waals surface area contributed by atoms with E-state index in [0.717, 1.165) is 5.92 Å². The van der Waals surface area contributed by atoms with Gasteiger partial charge in [-0.2, -0.15) is 0 Å². The topological polar surface area (TPSA) is 0 Å². The summed E-state index contributed by atoms with van der Waals surface area (Å²) in [5.41, 5.74) is 3.02. The van der Waals surface area contributed by atoms with Crippen LogP contribution in [0.4, 0.5) is 0 Å². The molecule has 0 heterocycles. The third kappa shape index (κ3) is 11.5. The molecule has 0 spiro atoms. The second kappa shape index (κ2) is 9.27. The lowest BCUT2D eigenvalue weighted by Gasteiger charge is -2.18. The lowest BCUT2D eigenvalue weighted by Crippen LogP contribution is -2.10. The second-order valence-electron chi connectivity index (χ2n) is 5.85. The highest BCUT2D eigenvalue weighted by molar-refractivity contribution is 5.26. The molecule has 0 atom stereocenters. The quantitative estimate of drug-likeness (QED) is 0.519. The zero-order chi connectivity index (χ0) is 14.1. The van der Waals surface area contributed by atoms with Crippen LogP contribution in [0.2, 0.25) is 0 Å². The molecular formula is C17H32. The van der Waals surface area contributed by atoms with Crippen LogP contribution in [-0.2, 0) is 5.41 Å². The summed E-state index contributed by atoms with van der Waals surface area (Å²) in [6.45, 7) is 19.3. The van der Waals surface area contributed by atoms with Gasteiger partial charge in [0.1, 0.15) is 0 Å². The minimum atomic E-state index is 0.285. The summed E-state index contributed by atoms with van der Waals surface area (Å²) < 4.78 is 0. The fraction of sp³-hybridized carbons (Fsp3) is 0.647. The van der Waals surface area contributed by atoms with E-state index in [1.54, 1.807) is 0 Å². The second-order valence-corrected chi connectivity index (χ2v) is 5.85. The van der Waals surface area contributed by atoms with Gasteiger partial charge in [-0.3, -0.25) is 0 Å². The van der Waals surface area contributed by atoms with Crippen LogP contribution in [0.1, 0.15) is 66.5 Å². The number of hydrogen-bond acceptors (Lipinski definition) is 0. The van der Waals surface area contributed by atoms with Crippen molar-refractivity contribution >= 4 is 0 Å². The summed E-state index contributed by atoms with van der Waals surface area (Å²) in [4.78, 5) is 0. The zero-order valence-electron chi connectivity index (χ0n) is 13.4. The van der Waals surface area contributed by atoms with Crippen LogP contribution in [0.3, 0.4) is 0 Å². The average Bonchev–Trinajstić information content (AvgIpc) is 2.19. The summed E-state index contributed by atoms with van der Waals surface area (Å²) in [6, 6.07) is 8.74. The van der Waals surface area contributed by atoms with E-state index in [-0.39, 0.29) is 5.41 Å². The SMILES string of the molecule is CC.CC(C)C.Cc1ccc(C(C)(C)C)cc1. The molecule has 0 N–H and O–H groups in total. The molecule has 0 aliphatic carbocycles. The van der Waals surface area contributed by atoms with Gasteiger partial charge in [0, 0.05) is 0 Å². The van der Waals surface area contributed by atoms with E-state index in [0.29, 0.717) is 0 Å². The molecule has 0 aliphatic rings. The van der Waals surface area contributed by atoms with Crippen LogP contribution < -0.4 is 0 Å². The van der Waals surface area contributed by atoms with Crippen molar-refractivity contribution in [2.75, 3.05) is 0 Å². The highest BCUT2D eigenvalue weighted by Crippen LogP contribution is 2.21. The van der Waals surface area contributed by atoms with Crippen LogP contribution in [0.5, 0.6) is 0 Å². The minimum absolute atomic E-state index is 0.285. The first-order valence-electron chi connectivity index (χ1n) is 6.80. The maximum atomic E-state index is 2.23. The molecular weight excluding hydrogens is 204 g/mol. The Balaban J connectivity index is 0. The van der Waals surface area contributed by atoms with Crippen LogP contribution in [0, 0.1) is 12.8 Å². The first kappa shape index (κ1) is 18.6. The van der Waals surface area contributed by atoms with Gasteiger partial charge in [-0.1, -0.05) is 85.2 Å². The van der Waals surface area contributed by atoms with Crippen molar-refractivity contribution in [3.8, 4) is 0 Å². The van der Waals surface area contributed by atoms with Gasteiger partial charge < -0.3 is 0 Å². The molecule has 0 amide bonds. The van der Waals surface area contributed by atoms with Crippen molar-refractivity contribution in [1.82, 2.24) is 0 Å². The Morgan fingerprint density at radius 2 is 1.12 bits per heavy atom. The molecule has 0 nitrogen and oxygen atoms in total. The Morgan fingerprint density at radius 3 is 1.35 bits per heavy atom. The fourth-order valence-electron chi connectivity index (χ4n) is 1.05. The first-order chi connectivity index (χ1) is 7.73. The summed E-state index contributed by atoms with van der Waals surface area (Å²) in [5, 5.41) is 0. The molecule has 0 unspecified atom stereocenters. The molecule has 0 bridgehead atoms. The van der Waals surface area contributed by atoms with Crippen LogP contribution in [-0.4, -0.2) is 0 Å². The monoisotopic (exact) mass is 236 g/mol. The number of rotatable bonds is 0. The largest absolute Gasteiger partial charge is 0.0683 e. The van der Waals surface area contributed by atoms with E-state index < -0.39 is 0 Å². The molecule has 0 saturated carbocycles. The van der Waals surface area contributed by atoms with E-state index in [9.17, 15) is 0 Å². The van der Waals surface area contributed by atoms with Crippen LogP contribution in [0.25, 0.3) is 0 Å². The van der Waals surface area contributed by atoms with Crippen LogP contribution in [0.15, 0.2) is 24.3 Å². The highest BCUT2D eigenvalue weighted by Gasteiger charge is 2.11. The van der Waals surface area contributed by atoms with Gasteiger partial charge in [0.25, 0.3) is 0 Å². The molecule has 0 aromatic heterocycles. The standard InChI is InChI=1S/C11H16.C4H10.C2H6/c1-9-5-7-10(8-6-9)11(2,3)4;1-4(2)3;1-2/h5-8H,1-4H3;4H,1-3H3;1-2H3. The molecule has 17 heavy (non-hydrogen) atoms. The molecule has 0 saturated heterocycles. The Hall–Kier alpha value is -0.780. The summed E-state index contributed by atoms with van der Waals surface area (Å²) in [5.74, 6) is 0.833. The smallest absolute Gasteiger partial charge is 0.0132 e. The summed E-state index contributed by atoms with van der Waals surface area (Å²) in [7, 11) is 0. The molecule has 1 rings (SSSR count). The van der Waals surface area contributed by atoms with Gasteiger partial charge in [-0.05, 0) is 23.8 Å². The number of hydrogen-bond donors (Lipinski definition) is 0. The van der Waals surface area contributed by atoms with E-state index in [1.807, 2.05) is 13.8 Å². The normalized spacial score (nSPS) is 10.0. The average molecular weight is 236 g/mol. The predicted octanol–water partition coefficient (Wildman–Crippen LogP) is 5.98. The highest BCUT2D eigenvalue weighted by atomic mass is 14.2. The van der Waals surface area contributed by atoms with Crippen molar-refractivity contribution in [3.05, 3.63) is 35.4 Å². The zero-order valence-corrected chi connectivity index (χ0v) is 13.4. The summed E-state index contributed by atoms with van der Waals surface area (Å²) >= 11 is 0. The third-order valence-electron chi connectivity index (χ3n) is 1.92. The lowest BCUT2D eigenvalue weighted by molar-refractivity contribution is 0.590. The lowest BCUT2D eigenvalue weighted by atomic mass is 9.87. The van der Waals surface area contributed by atoms with Crippen molar-refractivity contribution in [3.63, 3.8) is 0 Å². The summed E-state index contributed by atoms with van der Waals surface area (Å²) in [6.07, 6.45) is 0. The molecule has 0 radical (unpaired) electrons. The predicted molar refractivity (Wildman–Crippen MR) is 81.7 cm³/mol. The van der Waals surface area contributed by atoms with Crippen molar-refractivity contribution < 1.29 is 0 Å². The Kier molecular flexibility index (Phi) is 10.1. The maximum absolute atomic E-state index is 2.23. The van der Waals surface area contributed by atoms with Gasteiger partial charge in [0.15, 0.2) is 0 Å². The van der Waals surface area contributed by atoms with Crippen LogP contribution >= 0.6 is 0 Å². The minimum Gasteiger partial charge on any atom is -0.0683 e. The Morgan fingerprint density at radius 1 is 0.824 bits per heavy atom. The molecule has 0 aliphatic heterocycles. The van der Waals surface area contributed by atoms with Gasteiger partial charge in [-0.25, -0.2) is 0 Å². The molecule has 100 valence electrons. The van der Waals surface area contributed by atoms with Crippen molar-refractivity contribution in [2.24, 2.45) is 5.92 Å². The molecule has 1 aromatic rings. The van der Waals surface area contributed by atoms with E-state index in [1.165, 1.54) is 11.1 Å². The first-order valence-corrected chi connectivity index (χ1v) is 6.80. The van der Waals surface area contributed by atoms with Gasteiger partial charge in [-0.15, -0.1) is 0 Å². The Bertz CT molecular complexity index is 256. The number of benzene rings is 1. The fourth-order valence-corrected chi connectivity index (χ4v) is 1.05. The van der Waals surface area contributed by atoms with Gasteiger partial charge in [0.2, 0.25) is 0 Å².